The largest absolute Gasteiger partial charge is 0.483 e. The van der Waals surface area contributed by atoms with Gasteiger partial charge in [-0.1, -0.05) is 25.5 Å². The maximum Gasteiger partial charge on any atom is 0.308 e. The number of piperidine rings is 1. The number of carbonyl (C=O) groups excluding carboxylic acids is 3. The van der Waals surface area contributed by atoms with Crippen LogP contribution in [0.15, 0.2) is 23.8 Å². The molecule has 8 nitrogen and oxygen atoms in total. The lowest BCUT2D eigenvalue weighted by molar-refractivity contribution is -0.201. The number of benzene rings is 1. The molecule has 1 spiro atoms. The maximum absolute atomic E-state index is 13.5. The summed E-state index contributed by atoms with van der Waals surface area (Å²) in [6.45, 7) is 5.24. The van der Waals surface area contributed by atoms with Gasteiger partial charge in [-0.15, -0.1) is 0 Å². The number of amides is 2. The lowest BCUT2D eigenvalue weighted by Gasteiger charge is -2.64. The summed E-state index contributed by atoms with van der Waals surface area (Å²) in [7, 11) is 0. The average Bonchev–Trinajstić information content (AvgIpc) is 3.55. The summed E-state index contributed by atoms with van der Waals surface area (Å²) in [6.07, 6.45) is 7.95. The van der Waals surface area contributed by atoms with Crippen LogP contribution in [0.5, 0.6) is 11.5 Å². The third-order valence-electron chi connectivity index (χ3n) is 10.1. The minimum Gasteiger partial charge on any atom is -0.483 e. The first kappa shape index (κ1) is 24.3. The van der Waals surface area contributed by atoms with Crippen LogP contribution in [-0.2, 0) is 26.2 Å². The molecular formula is C30H36N2O6. The van der Waals surface area contributed by atoms with Crippen molar-refractivity contribution in [2.45, 2.75) is 101 Å². The van der Waals surface area contributed by atoms with Crippen molar-refractivity contribution in [1.29, 1.82) is 0 Å². The molecule has 3 aliphatic carbocycles. The molecule has 0 aromatic heterocycles. The predicted octanol–water partition coefficient (Wildman–Crippen LogP) is 3.03. The molecule has 5 atom stereocenters. The summed E-state index contributed by atoms with van der Waals surface area (Å²) in [5.74, 6) is 0.700. The van der Waals surface area contributed by atoms with Crippen LogP contribution in [0.1, 0.15) is 76.3 Å². The van der Waals surface area contributed by atoms with Gasteiger partial charge in [-0.05, 0) is 69.0 Å². The van der Waals surface area contributed by atoms with Crippen LogP contribution in [0.2, 0.25) is 0 Å². The standard InChI is InChI=1S/C30H36N2O6/c1-3-4-5-20-15-24(34)32(28(20)35)21-10-11-30(36)23-14-19-8-9-22(37-17(2)33)26-25(19)29(30,27(21)38-26)12-13-31(23)16-18-6-7-18/h5,8-9,18,21,23,27,36H,3-4,6-7,10-16H2,1-2H3/t21-,23-,27+,29+,30?/m1/s1. The van der Waals surface area contributed by atoms with E-state index in [-0.39, 0.29) is 24.3 Å². The maximum atomic E-state index is 13.5. The molecule has 202 valence electrons. The molecule has 6 aliphatic rings. The molecule has 0 radical (unpaired) electrons. The predicted molar refractivity (Wildman–Crippen MR) is 138 cm³/mol. The minimum absolute atomic E-state index is 0.0492. The summed E-state index contributed by atoms with van der Waals surface area (Å²) in [5, 5.41) is 12.7. The van der Waals surface area contributed by atoms with Crippen molar-refractivity contribution in [2.24, 2.45) is 5.92 Å². The van der Waals surface area contributed by atoms with Gasteiger partial charge in [0.05, 0.1) is 23.5 Å². The molecule has 2 bridgehead atoms. The van der Waals surface area contributed by atoms with Crippen LogP contribution >= 0.6 is 0 Å². The van der Waals surface area contributed by atoms with Crippen LogP contribution in [-0.4, -0.2) is 69.6 Å². The van der Waals surface area contributed by atoms with Crippen molar-refractivity contribution in [3.05, 3.63) is 34.9 Å². The highest BCUT2D eigenvalue weighted by Gasteiger charge is 2.74. The van der Waals surface area contributed by atoms with Gasteiger partial charge in [0.25, 0.3) is 5.91 Å². The average molecular weight is 521 g/mol. The number of aliphatic hydroxyl groups is 1. The molecule has 2 saturated carbocycles. The van der Waals surface area contributed by atoms with Crippen molar-refractivity contribution in [2.75, 3.05) is 13.1 Å². The molecule has 2 saturated heterocycles. The van der Waals surface area contributed by atoms with E-state index < -0.39 is 29.1 Å². The van der Waals surface area contributed by atoms with E-state index in [2.05, 4.69) is 4.90 Å². The zero-order chi connectivity index (χ0) is 26.4. The molecule has 1 aromatic carbocycles. The normalized spacial score (nSPS) is 36.4. The first-order chi connectivity index (χ1) is 18.3. The van der Waals surface area contributed by atoms with Gasteiger partial charge < -0.3 is 14.6 Å². The van der Waals surface area contributed by atoms with Crippen molar-refractivity contribution >= 4 is 17.8 Å². The summed E-state index contributed by atoms with van der Waals surface area (Å²) >= 11 is 0. The Labute approximate surface area is 222 Å². The highest BCUT2D eigenvalue weighted by Crippen LogP contribution is 2.66. The van der Waals surface area contributed by atoms with E-state index in [0.29, 0.717) is 48.7 Å². The number of imide groups is 1. The number of unbranched alkanes of at least 4 members (excludes halogenated alkanes) is 1. The topological polar surface area (TPSA) is 96.4 Å². The number of hydrogen-bond acceptors (Lipinski definition) is 7. The molecule has 1 aromatic rings. The van der Waals surface area contributed by atoms with E-state index in [1.807, 2.05) is 19.1 Å². The number of likely N-dealkylation sites (tertiary alicyclic amines) is 2. The number of esters is 1. The number of nitrogens with zero attached hydrogens (tertiary/aromatic N) is 2. The minimum atomic E-state index is -1.05. The Morgan fingerprint density at radius 2 is 2.05 bits per heavy atom. The second kappa shape index (κ2) is 8.39. The molecule has 4 fully saturated rings. The van der Waals surface area contributed by atoms with Crippen molar-refractivity contribution in [3.8, 4) is 11.5 Å². The van der Waals surface area contributed by atoms with E-state index in [4.69, 9.17) is 9.47 Å². The number of hydrogen-bond donors (Lipinski definition) is 1. The van der Waals surface area contributed by atoms with Crippen molar-refractivity contribution in [3.63, 3.8) is 0 Å². The van der Waals surface area contributed by atoms with Crippen molar-refractivity contribution < 1.29 is 29.0 Å². The second-order valence-corrected chi connectivity index (χ2v) is 12.2. The van der Waals surface area contributed by atoms with Crippen LogP contribution < -0.4 is 9.47 Å². The van der Waals surface area contributed by atoms with Crippen LogP contribution in [0.3, 0.4) is 0 Å². The fraction of sp³-hybridized carbons (Fsp3) is 0.633. The van der Waals surface area contributed by atoms with Gasteiger partial charge in [0.2, 0.25) is 5.91 Å². The van der Waals surface area contributed by atoms with Gasteiger partial charge in [-0.25, -0.2) is 0 Å². The van der Waals surface area contributed by atoms with Gasteiger partial charge in [0.15, 0.2) is 11.5 Å². The van der Waals surface area contributed by atoms with E-state index in [1.54, 1.807) is 6.07 Å². The Bertz CT molecular complexity index is 1270. The molecule has 3 heterocycles. The summed E-state index contributed by atoms with van der Waals surface area (Å²) in [4.78, 5) is 42.7. The zero-order valence-electron chi connectivity index (χ0n) is 22.2. The molecule has 8 heteroatoms. The number of allylic oxidation sites excluding steroid dienone is 1. The number of rotatable bonds is 6. The third kappa shape index (κ3) is 3.19. The lowest BCUT2D eigenvalue weighted by atomic mass is 9.48. The van der Waals surface area contributed by atoms with E-state index in [9.17, 15) is 19.5 Å². The lowest BCUT2D eigenvalue weighted by Crippen LogP contribution is -2.78. The molecule has 7 rings (SSSR count). The van der Waals surface area contributed by atoms with Crippen LogP contribution in [0.25, 0.3) is 0 Å². The summed E-state index contributed by atoms with van der Waals surface area (Å²) < 4.78 is 12.3. The van der Waals surface area contributed by atoms with Gasteiger partial charge in [0, 0.05) is 30.6 Å². The Morgan fingerprint density at radius 1 is 1.24 bits per heavy atom. The van der Waals surface area contributed by atoms with Gasteiger partial charge >= 0.3 is 5.97 Å². The zero-order valence-corrected chi connectivity index (χ0v) is 22.2. The Morgan fingerprint density at radius 3 is 2.79 bits per heavy atom. The van der Waals surface area contributed by atoms with Crippen LogP contribution in [0.4, 0.5) is 0 Å². The molecule has 3 aliphatic heterocycles. The van der Waals surface area contributed by atoms with E-state index in [1.165, 1.54) is 24.7 Å². The van der Waals surface area contributed by atoms with Crippen molar-refractivity contribution in [1.82, 2.24) is 9.80 Å². The van der Waals surface area contributed by atoms with E-state index >= 15 is 0 Å². The quantitative estimate of drug-likeness (QED) is 0.267. The fourth-order valence-electron chi connectivity index (χ4n) is 8.35. The first-order valence-electron chi connectivity index (χ1n) is 14.3. The third-order valence-corrected chi connectivity index (χ3v) is 10.1. The van der Waals surface area contributed by atoms with Crippen LogP contribution in [0, 0.1) is 5.92 Å². The first-order valence-corrected chi connectivity index (χ1v) is 14.3. The molecular weight excluding hydrogens is 484 g/mol. The molecule has 38 heavy (non-hydrogen) atoms. The molecule has 1 unspecified atom stereocenters. The number of carbonyl (C=O) groups is 3. The summed E-state index contributed by atoms with van der Waals surface area (Å²) in [5.41, 5.74) is 0.776. The van der Waals surface area contributed by atoms with E-state index in [0.717, 1.165) is 37.1 Å². The summed E-state index contributed by atoms with van der Waals surface area (Å²) in [6, 6.07) is 3.27. The monoisotopic (exact) mass is 520 g/mol. The Kier molecular flexibility index (Phi) is 5.38. The Balaban J connectivity index is 1.35. The van der Waals surface area contributed by atoms with Gasteiger partial charge in [-0.2, -0.15) is 0 Å². The van der Waals surface area contributed by atoms with Gasteiger partial charge in [0.1, 0.15) is 6.10 Å². The Hall–Kier alpha value is -2.71. The highest BCUT2D eigenvalue weighted by molar-refractivity contribution is 6.13. The molecule has 1 N–H and O–H groups in total. The smallest absolute Gasteiger partial charge is 0.308 e. The number of ether oxygens (including phenoxy) is 2. The second-order valence-electron chi connectivity index (χ2n) is 12.2. The highest BCUT2D eigenvalue weighted by atomic mass is 16.6. The fourth-order valence-corrected chi connectivity index (χ4v) is 8.35. The molecule has 2 amide bonds. The SMILES string of the molecule is CCCC=C1CC(=O)N([C@@H]2CCC3(O)[C@H]4Cc5ccc(OC(C)=O)c6c5[C@@]3(CCN4CC3CC3)[C@H]2O6)C1=O. The van der Waals surface area contributed by atoms with Gasteiger partial charge in [-0.3, -0.25) is 24.2 Å².